The molecule has 0 N–H and O–H groups in total. The van der Waals surface area contributed by atoms with Gasteiger partial charge in [-0.15, -0.1) is 0 Å². The first-order valence-electron chi connectivity index (χ1n) is 9.12. The zero-order chi connectivity index (χ0) is 20.8. The number of thioether (sulfide) groups is 1. The first-order valence-corrected chi connectivity index (χ1v) is 10.1. The SMILES string of the molecule is O=c1c2cc(F)c(F)cc2nc(SCc2nc(-c3cccc(F)c3)no2)n1C1CC1. The summed E-state index contributed by atoms with van der Waals surface area (Å²) in [4.78, 5) is 21.5. The second-order valence-corrected chi connectivity index (χ2v) is 7.84. The maximum absolute atomic E-state index is 13.6. The average molecular weight is 430 g/mol. The molecule has 0 bridgehead atoms. The van der Waals surface area contributed by atoms with Crippen LogP contribution in [0.2, 0.25) is 0 Å². The monoisotopic (exact) mass is 430 g/mol. The van der Waals surface area contributed by atoms with Gasteiger partial charge in [-0.2, -0.15) is 4.98 Å². The van der Waals surface area contributed by atoms with Crippen LogP contribution in [0.5, 0.6) is 0 Å². The minimum Gasteiger partial charge on any atom is -0.338 e. The topological polar surface area (TPSA) is 73.8 Å². The highest BCUT2D eigenvalue weighted by Gasteiger charge is 2.29. The number of hydrogen-bond acceptors (Lipinski definition) is 6. The zero-order valence-corrected chi connectivity index (χ0v) is 16.1. The molecule has 1 aliphatic carbocycles. The lowest BCUT2D eigenvalue weighted by molar-refractivity contribution is 0.391. The van der Waals surface area contributed by atoms with Gasteiger partial charge >= 0.3 is 0 Å². The fourth-order valence-electron chi connectivity index (χ4n) is 3.11. The summed E-state index contributed by atoms with van der Waals surface area (Å²) in [6, 6.07) is 7.61. The molecule has 2 heterocycles. The van der Waals surface area contributed by atoms with E-state index in [1.54, 1.807) is 12.1 Å². The van der Waals surface area contributed by atoms with E-state index in [4.69, 9.17) is 4.52 Å². The van der Waals surface area contributed by atoms with Crippen LogP contribution in [-0.4, -0.2) is 19.7 Å². The summed E-state index contributed by atoms with van der Waals surface area (Å²) >= 11 is 1.18. The normalized spacial score (nSPS) is 13.8. The van der Waals surface area contributed by atoms with E-state index in [0.717, 1.165) is 25.0 Å². The number of benzene rings is 2. The van der Waals surface area contributed by atoms with Gasteiger partial charge in [0, 0.05) is 17.7 Å². The van der Waals surface area contributed by atoms with Crippen molar-refractivity contribution in [3.63, 3.8) is 0 Å². The van der Waals surface area contributed by atoms with Crippen LogP contribution in [-0.2, 0) is 5.75 Å². The van der Waals surface area contributed by atoms with Crippen molar-refractivity contribution in [1.82, 2.24) is 19.7 Å². The van der Waals surface area contributed by atoms with Crippen molar-refractivity contribution in [2.45, 2.75) is 29.8 Å². The third kappa shape index (κ3) is 3.47. The van der Waals surface area contributed by atoms with Crippen molar-refractivity contribution in [3.05, 3.63) is 70.1 Å². The summed E-state index contributed by atoms with van der Waals surface area (Å²) in [5.41, 5.74) is 0.158. The van der Waals surface area contributed by atoms with Crippen LogP contribution in [0.4, 0.5) is 13.2 Å². The lowest BCUT2D eigenvalue weighted by Crippen LogP contribution is -2.22. The predicted molar refractivity (Wildman–Crippen MR) is 103 cm³/mol. The molecule has 1 aliphatic rings. The number of rotatable bonds is 5. The Morgan fingerprint density at radius 3 is 2.67 bits per heavy atom. The van der Waals surface area contributed by atoms with E-state index in [-0.39, 0.29) is 34.4 Å². The molecule has 0 aliphatic heterocycles. The van der Waals surface area contributed by atoms with Crippen LogP contribution in [0, 0.1) is 17.5 Å². The maximum atomic E-state index is 13.6. The fraction of sp³-hybridized carbons (Fsp3) is 0.200. The molecular formula is C20H13F3N4O2S. The van der Waals surface area contributed by atoms with E-state index < -0.39 is 23.0 Å². The third-order valence-corrected chi connectivity index (χ3v) is 5.64. The van der Waals surface area contributed by atoms with E-state index in [2.05, 4.69) is 15.1 Å². The molecule has 2 aromatic heterocycles. The number of aromatic nitrogens is 4. The highest BCUT2D eigenvalue weighted by Crippen LogP contribution is 2.37. The highest BCUT2D eigenvalue weighted by atomic mass is 32.2. The molecule has 0 spiro atoms. The molecule has 5 rings (SSSR count). The van der Waals surface area contributed by atoms with Gasteiger partial charge in [0.05, 0.1) is 16.7 Å². The predicted octanol–water partition coefficient (Wildman–Crippen LogP) is 4.49. The van der Waals surface area contributed by atoms with Crippen LogP contribution in [0.15, 0.2) is 50.9 Å². The minimum atomic E-state index is -1.08. The summed E-state index contributed by atoms with van der Waals surface area (Å²) in [7, 11) is 0. The van der Waals surface area contributed by atoms with Gasteiger partial charge in [0.25, 0.3) is 5.56 Å². The van der Waals surface area contributed by atoms with Crippen molar-refractivity contribution in [2.24, 2.45) is 0 Å². The van der Waals surface area contributed by atoms with Crippen molar-refractivity contribution >= 4 is 22.7 Å². The second-order valence-electron chi connectivity index (χ2n) is 6.89. The van der Waals surface area contributed by atoms with Gasteiger partial charge in [0.2, 0.25) is 11.7 Å². The van der Waals surface area contributed by atoms with Crippen molar-refractivity contribution in [1.29, 1.82) is 0 Å². The van der Waals surface area contributed by atoms with Crippen molar-refractivity contribution in [3.8, 4) is 11.4 Å². The van der Waals surface area contributed by atoms with Gasteiger partial charge in [0.1, 0.15) is 5.82 Å². The molecule has 1 fully saturated rings. The molecule has 152 valence electrons. The molecule has 0 saturated heterocycles. The van der Waals surface area contributed by atoms with E-state index >= 15 is 0 Å². The molecule has 6 nitrogen and oxygen atoms in total. The lowest BCUT2D eigenvalue weighted by atomic mass is 10.2. The summed E-state index contributed by atoms with van der Waals surface area (Å²) in [5, 5.41) is 4.26. The van der Waals surface area contributed by atoms with Crippen molar-refractivity contribution < 1.29 is 17.7 Å². The zero-order valence-electron chi connectivity index (χ0n) is 15.3. The maximum Gasteiger partial charge on any atom is 0.262 e. The highest BCUT2D eigenvalue weighted by molar-refractivity contribution is 7.98. The molecule has 30 heavy (non-hydrogen) atoms. The molecule has 0 amide bonds. The Morgan fingerprint density at radius 1 is 1.10 bits per heavy atom. The smallest absolute Gasteiger partial charge is 0.262 e. The third-order valence-electron chi connectivity index (χ3n) is 4.70. The van der Waals surface area contributed by atoms with E-state index in [1.807, 2.05) is 0 Å². The second kappa shape index (κ2) is 7.28. The van der Waals surface area contributed by atoms with Crippen LogP contribution in [0.3, 0.4) is 0 Å². The van der Waals surface area contributed by atoms with Gasteiger partial charge in [0.15, 0.2) is 16.8 Å². The minimum absolute atomic E-state index is 0.0180. The number of fused-ring (bicyclic) bond motifs is 1. The van der Waals surface area contributed by atoms with Gasteiger partial charge in [-0.3, -0.25) is 9.36 Å². The Labute approximate surface area is 171 Å². The number of hydrogen-bond donors (Lipinski definition) is 0. The summed E-state index contributed by atoms with van der Waals surface area (Å²) < 4.78 is 47.4. The Morgan fingerprint density at radius 2 is 1.90 bits per heavy atom. The molecule has 4 aromatic rings. The summed E-state index contributed by atoms with van der Waals surface area (Å²) in [5.74, 6) is -1.84. The van der Waals surface area contributed by atoms with Gasteiger partial charge in [-0.1, -0.05) is 29.1 Å². The van der Waals surface area contributed by atoms with Gasteiger partial charge in [-0.05, 0) is 31.0 Å². The lowest BCUT2D eigenvalue weighted by Gasteiger charge is -2.11. The molecule has 0 atom stereocenters. The van der Waals surface area contributed by atoms with Crippen molar-refractivity contribution in [2.75, 3.05) is 0 Å². The first-order chi connectivity index (χ1) is 14.5. The first kappa shape index (κ1) is 18.9. The standard InChI is InChI=1S/C20H13F3N4O2S/c21-11-3-1-2-10(6-11)18-25-17(29-26-18)9-30-20-24-16-8-15(23)14(22)7-13(16)19(28)27(20)12-4-5-12/h1-3,6-8,12H,4-5,9H2. The average Bonchev–Trinajstić information content (AvgIpc) is 3.44. The molecule has 0 unspecified atom stereocenters. The van der Waals surface area contributed by atoms with E-state index in [1.165, 1.54) is 28.5 Å². The molecular weight excluding hydrogens is 417 g/mol. The van der Waals surface area contributed by atoms with E-state index in [9.17, 15) is 18.0 Å². The molecule has 1 saturated carbocycles. The quantitative estimate of drug-likeness (QED) is 0.343. The largest absolute Gasteiger partial charge is 0.338 e. The number of halogens is 3. The Balaban J connectivity index is 1.46. The molecule has 0 radical (unpaired) electrons. The Kier molecular flexibility index (Phi) is 4.58. The van der Waals surface area contributed by atoms with Gasteiger partial charge < -0.3 is 4.52 Å². The fourth-order valence-corrected chi connectivity index (χ4v) is 4.02. The molecule has 2 aromatic carbocycles. The van der Waals surface area contributed by atoms with E-state index in [0.29, 0.717) is 10.7 Å². The summed E-state index contributed by atoms with van der Waals surface area (Å²) in [6.45, 7) is 0. The summed E-state index contributed by atoms with van der Waals surface area (Å²) in [6.07, 6.45) is 1.63. The van der Waals surface area contributed by atoms with Crippen LogP contribution < -0.4 is 5.56 Å². The van der Waals surface area contributed by atoms with Crippen LogP contribution >= 0.6 is 11.8 Å². The Bertz CT molecular complexity index is 1330. The number of nitrogens with zero attached hydrogens (tertiary/aromatic N) is 4. The van der Waals surface area contributed by atoms with Gasteiger partial charge in [-0.25, -0.2) is 18.2 Å². The molecule has 10 heteroatoms. The van der Waals surface area contributed by atoms with Crippen LogP contribution in [0.1, 0.15) is 24.8 Å². The Hall–Kier alpha value is -3.14. The van der Waals surface area contributed by atoms with Crippen LogP contribution in [0.25, 0.3) is 22.3 Å².